The summed E-state index contributed by atoms with van der Waals surface area (Å²) in [6, 6.07) is 14.1. The van der Waals surface area contributed by atoms with Crippen LogP contribution in [0.2, 0.25) is 5.02 Å². The maximum atomic E-state index is 11.7. The molecule has 0 saturated carbocycles. The minimum absolute atomic E-state index is 0.140. The van der Waals surface area contributed by atoms with E-state index >= 15 is 0 Å². The van der Waals surface area contributed by atoms with E-state index in [1.54, 1.807) is 43.3 Å². The van der Waals surface area contributed by atoms with Crippen LogP contribution in [0.15, 0.2) is 53.6 Å². The van der Waals surface area contributed by atoms with Gasteiger partial charge in [0.1, 0.15) is 5.75 Å². The Kier molecular flexibility index (Phi) is 5.38. The highest BCUT2D eigenvalue weighted by molar-refractivity contribution is 6.30. The Balaban J connectivity index is 1.86. The summed E-state index contributed by atoms with van der Waals surface area (Å²) < 4.78 is 5.32. The first-order valence-electron chi connectivity index (χ1n) is 6.62. The van der Waals surface area contributed by atoms with Gasteiger partial charge in [-0.3, -0.25) is 4.79 Å². The molecule has 0 fully saturated rings. The molecule has 22 heavy (non-hydrogen) atoms. The van der Waals surface area contributed by atoms with Crippen molar-refractivity contribution in [1.29, 1.82) is 0 Å². The van der Waals surface area contributed by atoms with Crippen LogP contribution in [0.5, 0.6) is 5.75 Å². The van der Waals surface area contributed by atoms with Gasteiger partial charge in [0.05, 0.1) is 5.71 Å². The third-order valence-electron chi connectivity index (χ3n) is 2.84. The van der Waals surface area contributed by atoms with Gasteiger partial charge in [0.2, 0.25) is 0 Å². The summed E-state index contributed by atoms with van der Waals surface area (Å²) in [7, 11) is 0. The van der Waals surface area contributed by atoms with Crippen molar-refractivity contribution in [3.63, 3.8) is 0 Å². The predicted octanol–water partition coefficient (Wildman–Crippen LogP) is 2.84. The van der Waals surface area contributed by atoms with E-state index in [-0.39, 0.29) is 12.5 Å². The van der Waals surface area contributed by atoms with Crippen LogP contribution in [-0.4, -0.2) is 18.2 Å². The lowest BCUT2D eigenvalue weighted by Crippen LogP contribution is -2.25. The molecule has 2 rings (SSSR count). The highest BCUT2D eigenvalue weighted by Gasteiger charge is 2.03. The maximum Gasteiger partial charge on any atom is 0.277 e. The van der Waals surface area contributed by atoms with E-state index in [2.05, 4.69) is 10.5 Å². The van der Waals surface area contributed by atoms with Crippen LogP contribution >= 0.6 is 11.6 Å². The molecule has 0 aromatic heterocycles. The van der Waals surface area contributed by atoms with Crippen molar-refractivity contribution in [3.8, 4) is 5.75 Å². The van der Waals surface area contributed by atoms with Crippen molar-refractivity contribution in [1.82, 2.24) is 5.43 Å². The molecule has 0 bridgehead atoms. The number of nitrogens with zero attached hydrogens (tertiary/aromatic N) is 1. The van der Waals surface area contributed by atoms with E-state index in [0.717, 1.165) is 5.56 Å². The Hall–Kier alpha value is -2.53. The Labute approximate surface area is 133 Å². The van der Waals surface area contributed by atoms with E-state index in [9.17, 15) is 4.79 Å². The molecule has 2 aromatic carbocycles. The minimum Gasteiger partial charge on any atom is -0.484 e. The molecule has 0 aliphatic rings. The second kappa shape index (κ2) is 7.47. The molecule has 6 heteroatoms. The van der Waals surface area contributed by atoms with Gasteiger partial charge >= 0.3 is 0 Å². The number of carbonyl (C=O) groups is 1. The van der Waals surface area contributed by atoms with E-state index in [0.29, 0.717) is 22.2 Å². The second-order valence-corrected chi connectivity index (χ2v) is 5.04. The number of anilines is 1. The van der Waals surface area contributed by atoms with Crippen LogP contribution in [0.3, 0.4) is 0 Å². The molecule has 114 valence electrons. The lowest BCUT2D eigenvalue weighted by molar-refractivity contribution is -0.123. The average molecular weight is 318 g/mol. The summed E-state index contributed by atoms with van der Waals surface area (Å²) in [5.74, 6) is 0.177. The zero-order valence-corrected chi connectivity index (χ0v) is 12.8. The normalized spacial score (nSPS) is 11.1. The van der Waals surface area contributed by atoms with E-state index < -0.39 is 0 Å². The summed E-state index contributed by atoms with van der Waals surface area (Å²) in [6.45, 7) is 1.66. The molecular formula is C16H16ClN3O2. The SMILES string of the molecule is C/C(=N\NC(=O)COc1cccc(Cl)c1)c1ccc(N)cc1. The number of halogens is 1. The number of nitrogens with two attached hydrogens (primary N) is 1. The molecule has 0 spiro atoms. The van der Waals surface area contributed by atoms with Crippen molar-refractivity contribution in [2.75, 3.05) is 12.3 Å². The maximum absolute atomic E-state index is 11.7. The lowest BCUT2D eigenvalue weighted by atomic mass is 10.1. The number of hydrazone groups is 1. The summed E-state index contributed by atoms with van der Waals surface area (Å²) in [5, 5.41) is 4.58. The number of carbonyl (C=O) groups excluding carboxylic acids is 1. The molecule has 0 radical (unpaired) electrons. The number of nitrogen functional groups attached to an aromatic ring is 1. The van der Waals surface area contributed by atoms with Crippen LogP contribution in [0, 0.1) is 0 Å². The highest BCUT2D eigenvalue weighted by Crippen LogP contribution is 2.16. The molecule has 3 N–H and O–H groups in total. The minimum atomic E-state index is -0.352. The topological polar surface area (TPSA) is 76.7 Å². The van der Waals surface area contributed by atoms with Crippen molar-refractivity contribution < 1.29 is 9.53 Å². The van der Waals surface area contributed by atoms with Crippen LogP contribution in [0.4, 0.5) is 5.69 Å². The first-order valence-corrected chi connectivity index (χ1v) is 7.00. The monoisotopic (exact) mass is 317 g/mol. The van der Waals surface area contributed by atoms with Gasteiger partial charge < -0.3 is 10.5 Å². The fourth-order valence-electron chi connectivity index (χ4n) is 1.67. The Morgan fingerprint density at radius 3 is 2.68 bits per heavy atom. The average Bonchev–Trinajstić information content (AvgIpc) is 2.51. The Morgan fingerprint density at radius 2 is 2.00 bits per heavy atom. The number of nitrogens with one attached hydrogen (secondary N) is 1. The molecule has 2 aromatic rings. The van der Waals surface area contributed by atoms with Crippen LogP contribution in [0.25, 0.3) is 0 Å². The van der Waals surface area contributed by atoms with Crippen molar-refractivity contribution >= 4 is 28.9 Å². The number of hydrogen-bond donors (Lipinski definition) is 2. The first-order chi connectivity index (χ1) is 10.5. The Bertz CT molecular complexity index is 684. The largest absolute Gasteiger partial charge is 0.484 e. The zero-order chi connectivity index (χ0) is 15.9. The van der Waals surface area contributed by atoms with Gasteiger partial charge in [0.25, 0.3) is 5.91 Å². The molecule has 0 unspecified atom stereocenters. The third-order valence-corrected chi connectivity index (χ3v) is 3.08. The second-order valence-electron chi connectivity index (χ2n) is 4.60. The fraction of sp³-hybridized carbons (Fsp3) is 0.125. The molecule has 0 saturated heterocycles. The fourth-order valence-corrected chi connectivity index (χ4v) is 1.85. The number of hydrogen-bond acceptors (Lipinski definition) is 4. The first kappa shape index (κ1) is 15.9. The molecule has 0 aliphatic heterocycles. The van der Waals surface area contributed by atoms with Gasteiger partial charge in [0, 0.05) is 10.7 Å². The molecule has 5 nitrogen and oxygen atoms in total. The molecule has 0 heterocycles. The highest BCUT2D eigenvalue weighted by atomic mass is 35.5. The van der Waals surface area contributed by atoms with E-state index in [4.69, 9.17) is 22.1 Å². The lowest BCUT2D eigenvalue weighted by Gasteiger charge is -2.06. The summed E-state index contributed by atoms with van der Waals surface area (Å²) >= 11 is 5.83. The van der Waals surface area contributed by atoms with Gasteiger partial charge in [-0.1, -0.05) is 29.8 Å². The van der Waals surface area contributed by atoms with Gasteiger partial charge in [-0.2, -0.15) is 5.10 Å². The molecule has 0 atom stereocenters. The van der Waals surface area contributed by atoms with Crippen LogP contribution < -0.4 is 15.9 Å². The van der Waals surface area contributed by atoms with E-state index in [1.165, 1.54) is 0 Å². The number of benzene rings is 2. The van der Waals surface area contributed by atoms with Gasteiger partial charge in [-0.25, -0.2) is 5.43 Å². The molecular weight excluding hydrogens is 302 g/mol. The van der Waals surface area contributed by atoms with Crippen molar-refractivity contribution in [2.24, 2.45) is 5.10 Å². The number of rotatable bonds is 5. The van der Waals surface area contributed by atoms with Crippen LogP contribution in [0.1, 0.15) is 12.5 Å². The summed E-state index contributed by atoms with van der Waals surface area (Å²) in [4.78, 5) is 11.7. The standard InChI is InChI=1S/C16H16ClN3O2/c1-11(12-5-7-14(18)8-6-12)19-20-16(21)10-22-15-4-2-3-13(17)9-15/h2-9H,10,18H2,1H3,(H,20,21)/b19-11+. The van der Waals surface area contributed by atoms with Crippen LogP contribution in [-0.2, 0) is 4.79 Å². The summed E-state index contributed by atoms with van der Waals surface area (Å²) in [5.41, 5.74) is 10.3. The van der Waals surface area contributed by atoms with E-state index in [1.807, 2.05) is 12.1 Å². The quantitative estimate of drug-likeness (QED) is 0.506. The molecule has 1 amide bonds. The third kappa shape index (κ3) is 4.79. The van der Waals surface area contributed by atoms with Gasteiger partial charge in [-0.05, 0) is 42.8 Å². The molecule has 0 aliphatic carbocycles. The van der Waals surface area contributed by atoms with Crippen molar-refractivity contribution in [3.05, 3.63) is 59.1 Å². The predicted molar refractivity (Wildman–Crippen MR) is 88.2 cm³/mol. The van der Waals surface area contributed by atoms with Gasteiger partial charge in [-0.15, -0.1) is 0 Å². The smallest absolute Gasteiger partial charge is 0.277 e. The Morgan fingerprint density at radius 1 is 1.27 bits per heavy atom. The zero-order valence-electron chi connectivity index (χ0n) is 12.0. The van der Waals surface area contributed by atoms with Crippen molar-refractivity contribution in [2.45, 2.75) is 6.92 Å². The number of amides is 1. The number of ether oxygens (including phenoxy) is 1. The van der Waals surface area contributed by atoms with Gasteiger partial charge in [0.15, 0.2) is 6.61 Å². The summed E-state index contributed by atoms with van der Waals surface area (Å²) in [6.07, 6.45) is 0.